The number of amides is 1. The van der Waals surface area contributed by atoms with Crippen molar-refractivity contribution in [1.82, 2.24) is 15.1 Å². The van der Waals surface area contributed by atoms with E-state index >= 15 is 0 Å². The molecule has 1 spiro atoms. The van der Waals surface area contributed by atoms with Crippen molar-refractivity contribution in [1.29, 1.82) is 0 Å². The van der Waals surface area contributed by atoms with E-state index in [1.54, 1.807) is 12.1 Å². The normalized spacial score (nSPS) is 26.2. The van der Waals surface area contributed by atoms with Crippen LogP contribution in [0.3, 0.4) is 0 Å². The number of carbonyl (C=O) groups is 2. The predicted octanol–water partition coefficient (Wildman–Crippen LogP) is 4.04. The molecule has 4 aliphatic rings. The quantitative estimate of drug-likeness (QED) is 0.510. The first kappa shape index (κ1) is 28.6. The van der Waals surface area contributed by atoms with E-state index < -0.39 is 9.84 Å². The molecule has 1 unspecified atom stereocenters. The Morgan fingerprint density at radius 3 is 2.27 bits per heavy atom. The van der Waals surface area contributed by atoms with Gasteiger partial charge in [-0.25, -0.2) is 8.42 Å². The van der Waals surface area contributed by atoms with E-state index in [1.807, 2.05) is 17.0 Å². The van der Waals surface area contributed by atoms with E-state index in [4.69, 9.17) is 0 Å². The number of likely N-dealkylation sites (tertiary alicyclic amines) is 2. The molecule has 2 aromatic rings. The van der Waals surface area contributed by atoms with Crippen LogP contribution in [0.4, 0.5) is 0 Å². The summed E-state index contributed by atoms with van der Waals surface area (Å²) in [7, 11) is -3.24. The average Bonchev–Trinajstić information content (AvgIpc) is 3.74. The van der Waals surface area contributed by atoms with E-state index in [-0.39, 0.29) is 29.2 Å². The fraction of sp³-hybridized carbons (Fsp3) is 0.576. The zero-order chi connectivity index (χ0) is 28.6. The molecular weight excluding hydrogens is 534 g/mol. The highest BCUT2D eigenvalue weighted by molar-refractivity contribution is 7.90. The lowest BCUT2D eigenvalue weighted by molar-refractivity contribution is -0.140. The number of hydrogen-bond donors (Lipinski definition) is 1. The highest BCUT2D eigenvalue weighted by Crippen LogP contribution is 2.44. The molecule has 1 N–H and O–H groups in total. The van der Waals surface area contributed by atoms with Crippen LogP contribution in [0.25, 0.3) is 0 Å². The standard InChI is InChI=1S/C33H43N3O4S/c1-41(39,40)27-13-11-24(12-14-27)23-36-20-17-33(32(36)38)15-18-35(19-16-33)30(31(37)26-9-5-6-10-26)29-22-34-21-28(29)25-7-3-2-4-8-25/h2-4,7-8,11-14,26,28-30,34H,5-6,9-10,15-23H2,1H3/t28-,29-,30?/m1/s1. The lowest BCUT2D eigenvalue weighted by atomic mass is 9.74. The number of benzene rings is 2. The molecule has 1 amide bonds. The Labute approximate surface area is 244 Å². The second kappa shape index (κ2) is 11.6. The van der Waals surface area contributed by atoms with E-state index in [0.717, 1.165) is 83.2 Å². The van der Waals surface area contributed by atoms with Crippen LogP contribution in [-0.2, 0) is 26.0 Å². The Morgan fingerprint density at radius 1 is 0.951 bits per heavy atom. The SMILES string of the molecule is CS(=O)(=O)c1ccc(CN2CCC3(CCN(C(C(=O)C4CCCC4)[C@@H]4CNC[C@@H]4c4ccccc4)CC3)C2=O)cc1. The largest absolute Gasteiger partial charge is 0.338 e. The molecule has 7 nitrogen and oxygen atoms in total. The van der Waals surface area contributed by atoms with Crippen LogP contribution in [0.15, 0.2) is 59.5 Å². The van der Waals surface area contributed by atoms with Gasteiger partial charge in [-0.3, -0.25) is 14.5 Å². The van der Waals surface area contributed by atoms with Gasteiger partial charge in [0.15, 0.2) is 15.6 Å². The minimum absolute atomic E-state index is 0.100. The minimum Gasteiger partial charge on any atom is -0.338 e. The van der Waals surface area contributed by atoms with Crippen LogP contribution in [0.1, 0.15) is 62.0 Å². The van der Waals surface area contributed by atoms with Crippen molar-refractivity contribution in [2.24, 2.45) is 17.3 Å². The second-order valence-corrected chi connectivity index (χ2v) is 14.9. The molecule has 3 saturated heterocycles. The maximum Gasteiger partial charge on any atom is 0.229 e. The summed E-state index contributed by atoms with van der Waals surface area (Å²) >= 11 is 0. The molecule has 4 fully saturated rings. The van der Waals surface area contributed by atoms with Crippen LogP contribution in [0, 0.1) is 17.3 Å². The van der Waals surface area contributed by atoms with Crippen molar-refractivity contribution in [2.75, 3.05) is 39.0 Å². The molecular formula is C33H43N3O4S. The van der Waals surface area contributed by atoms with Gasteiger partial charge in [-0.2, -0.15) is 0 Å². The summed E-state index contributed by atoms with van der Waals surface area (Å²) in [4.78, 5) is 32.6. The summed E-state index contributed by atoms with van der Waals surface area (Å²) in [6.45, 7) is 4.55. The van der Waals surface area contributed by atoms with Crippen LogP contribution >= 0.6 is 0 Å². The molecule has 1 aliphatic carbocycles. The molecule has 220 valence electrons. The lowest BCUT2D eigenvalue weighted by Gasteiger charge is -2.44. The van der Waals surface area contributed by atoms with Gasteiger partial charge in [0.05, 0.1) is 16.4 Å². The fourth-order valence-electron chi connectivity index (χ4n) is 8.01. The third-order valence-electron chi connectivity index (χ3n) is 10.4. The molecule has 41 heavy (non-hydrogen) atoms. The van der Waals surface area contributed by atoms with Gasteiger partial charge in [0.1, 0.15) is 0 Å². The molecule has 6 rings (SSSR count). The first-order chi connectivity index (χ1) is 19.7. The van der Waals surface area contributed by atoms with E-state index in [9.17, 15) is 18.0 Å². The zero-order valence-electron chi connectivity index (χ0n) is 24.1. The van der Waals surface area contributed by atoms with Gasteiger partial charge in [-0.05, 0) is 68.5 Å². The smallest absolute Gasteiger partial charge is 0.229 e. The summed E-state index contributed by atoms with van der Waals surface area (Å²) in [5.74, 6) is 1.38. The average molecular weight is 578 g/mol. The van der Waals surface area contributed by atoms with E-state index in [2.05, 4.69) is 40.5 Å². The van der Waals surface area contributed by atoms with Gasteiger partial charge in [0.2, 0.25) is 5.91 Å². The highest BCUT2D eigenvalue weighted by atomic mass is 32.2. The van der Waals surface area contributed by atoms with Crippen molar-refractivity contribution in [2.45, 2.75) is 68.3 Å². The van der Waals surface area contributed by atoms with Crippen LogP contribution < -0.4 is 5.32 Å². The second-order valence-electron chi connectivity index (χ2n) is 12.9. The highest BCUT2D eigenvalue weighted by Gasteiger charge is 2.51. The van der Waals surface area contributed by atoms with Gasteiger partial charge in [-0.1, -0.05) is 55.3 Å². The Hall–Kier alpha value is -2.55. The minimum atomic E-state index is -3.24. The molecule has 8 heteroatoms. The van der Waals surface area contributed by atoms with Crippen molar-refractivity contribution in [3.05, 3.63) is 65.7 Å². The Kier molecular flexibility index (Phi) is 8.09. The summed E-state index contributed by atoms with van der Waals surface area (Å²) in [6.07, 6.45) is 7.97. The summed E-state index contributed by atoms with van der Waals surface area (Å²) in [5, 5.41) is 3.61. The zero-order valence-corrected chi connectivity index (χ0v) is 25.0. The number of sulfone groups is 1. The monoisotopic (exact) mass is 577 g/mol. The van der Waals surface area contributed by atoms with Crippen LogP contribution in [0.2, 0.25) is 0 Å². The molecule has 3 aliphatic heterocycles. The van der Waals surface area contributed by atoms with Crippen LogP contribution in [-0.4, -0.2) is 74.9 Å². The topological polar surface area (TPSA) is 86.8 Å². The van der Waals surface area contributed by atoms with Gasteiger partial charge in [0.25, 0.3) is 0 Å². The van der Waals surface area contributed by atoms with Crippen molar-refractivity contribution in [3.63, 3.8) is 0 Å². The number of rotatable bonds is 8. The molecule has 0 radical (unpaired) electrons. The molecule has 3 heterocycles. The van der Waals surface area contributed by atoms with Gasteiger partial charge in [-0.15, -0.1) is 0 Å². The third kappa shape index (κ3) is 5.75. The van der Waals surface area contributed by atoms with Gasteiger partial charge >= 0.3 is 0 Å². The van der Waals surface area contributed by atoms with Gasteiger partial charge in [0, 0.05) is 50.2 Å². The molecule has 1 saturated carbocycles. The first-order valence-electron chi connectivity index (χ1n) is 15.4. The third-order valence-corrected chi connectivity index (χ3v) is 11.5. The maximum absolute atomic E-state index is 14.1. The summed E-state index contributed by atoms with van der Waals surface area (Å²) in [5.41, 5.74) is 1.91. The van der Waals surface area contributed by atoms with Gasteiger partial charge < -0.3 is 10.2 Å². The number of carbonyl (C=O) groups excluding carboxylic acids is 2. The van der Waals surface area contributed by atoms with E-state index in [0.29, 0.717) is 23.1 Å². The molecule has 0 bridgehead atoms. The number of piperidine rings is 1. The van der Waals surface area contributed by atoms with E-state index in [1.165, 1.54) is 11.8 Å². The van der Waals surface area contributed by atoms with Crippen molar-refractivity contribution in [3.8, 4) is 0 Å². The fourth-order valence-corrected chi connectivity index (χ4v) is 8.64. The number of Topliss-reactive ketones (excluding diaryl/α,β-unsaturated/α-hetero) is 1. The predicted molar refractivity (Wildman–Crippen MR) is 159 cm³/mol. The molecule has 2 aromatic carbocycles. The van der Waals surface area contributed by atoms with Crippen molar-refractivity contribution < 1.29 is 18.0 Å². The number of ketones is 1. The molecule has 3 atom stereocenters. The molecule has 0 aromatic heterocycles. The summed E-state index contributed by atoms with van der Waals surface area (Å²) in [6, 6.07) is 17.4. The first-order valence-corrected chi connectivity index (χ1v) is 17.3. The lowest BCUT2D eigenvalue weighted by Crippen LogP contribution is -2.55. The maximum atomic E-state index is 14.1. The Morgan fingerprint density at radius 2 is 1.61 bits per heavy atom. The Bertz CT molecular complexity index is 1350. The number of nitrogens with one attached hydrogen (secondary N) is 1. The summed E-state index contributed by atoms with van der Waals surface area (Å²) < 4.78 is 23.6. The Balaban J connectivity index is 1.16. The van der Waals surface area contributed by atoms with Crippen molar-refractivity contribution >= 4 is 21.5 Å². The van der Waals surface area contributed by atoms with Crippen LogP contribution in [0.5, 0.6) is 0 Å². The number of hydrogen-bond acceptors (Lipinski definition) is 6. The number of nitrogens with zero attached hydrogens (tertiary/aromatic N) is 2.